The maximum Gasteiger partial charge on any atom is 0.111 e. The summed E-state index contributed by atoms with van der Waals surface area (Å²) in [4.78, 5) is 0. The van der Waals surface area contributed by atoms with E-state index in [1.54, 1.807) is 6.20 Å². The van der Waals surface area contributed by atoms with Crippen molar-refractivity contribution in [3.63, 3.8) is 0 Å². The fourth-order valence-corrected chi connectivity index (χ4v) is 1.80. The molecule has 72 valence electrons. The molecule has 4 nitrogen and oxygen atoms in total. The SMILES string of the molecule is OC(c1ccn[nH]1)C1CCCCN1. The zero-order valence-electron chi connectivity index (χ0n) is 7.53. The van der Waals surface area contributed by atoms with Crippen LogP contribution in [0.25, 0.3) is 0 Å². The summed E-state index contributed by atoms with van der Waals surface area (Å²) >= 11 is 0. The van der Waals surface area contributed by atoms with Gasteiger partial charge in [0.1, 0.15) is 6.10 Å². The second-order valence-electron chi connectivity index (χ2n) is 3.51. The van der Waals surface area contributed by atoms with Gasteiger partial charge in [-0.2, -0.15) is 5.10 Å². The van der Waals surface area contributed by atoms with E-state index in [9.17, 15) is 5.11 Å². The van der Waals surface area contributed by atoms with Crippen LogP contribution in [0.15, 0.2) is 12.3 Å². The highest BCUT2D eigenvalue weighted by Gasteiger charge is 2.23. The maximum absolute atomic E-state index is 9.90. The van der Waals surface area contributed by atoms with Crippen molar-refractivity contribution in [1.82, 2.24) is 15.5 Å². The second kappa shape index (κ2) is 3.89. The van der Waals surface area contributed by atoms with Gasteiger partial charge in [-0.05, 0) is 25.5 Å². The lowest BCUT2D eigenvalue weighted by molar-refractivity contribution is 0.110. The largest absolute Gasteiger partial charge is 0.385 e. The fourth-order valence-electron chi connectivity index (χ4n) is 1.80. The van der Waals surface area contributed by atoms with E-state index < -0.39 is 6.10 Å². The minimum atomic E-state index is -0.442. The smallest absolute Gasteiger partial charge is 0.111 e. The van der Waals surface area contributed by atoms with E-state index in [0.29, 0.717) is 0 Å². The van der Waals surface area contributed by atoms with Gasteiger partial charge in [0, 0.05) is 12.2 Å². The summed E-state index contributed by atoms with van der Waals surface area (Å²) in [5.74, 6) is 0. The molecule has 0 radical (unpaired) electrons. The number of aromatic nitrogens is 2. The molecule has 0 spiro atoms. The van der Waals surface area contributed by atoms with Gasteiger partial charge in [-0.3, -0.25) is 5.10 Å². The lowest BCUT2D eigenvalue weighted by atomic mass is 9.98. The Balaban J connectivity index is 1.99. The minimum Gasteiger partial charge on any atom is -0.385 e. The molecule has 0 amide bonds. The molecule has 1 saturated heterocycles. The summed E-state index contributed by atoms with van der Waals surface area (Å²) in [6.07, 6.45) is 4.68. The van der Waals surface area contributed by atoms with E-state index >= 15 is 0 Å². The number of hydrogen-bond acceptors (Lipinski definition) is 3. The highest BCUT2D eigenvalue weighted by atomic mass is 16.3. The molecule has 1 aliphatic rings. The Bertz CT molecular complexity index is 241. The summed E-state index contributed by atoms with van der Waals surface area (Å²) in [5.41, 5.74) is 0.805. The zero-order valence-corrected chi connectivity index (χ0v) is 7.53. The molecule has 0 aromatic carbocycles. The molecule has 2 unspecified atom stereocenters. The fraction of sp³-hybridized carbons (Fsp3) is 0.667. The van der Waals surface area contributed by atoms with Crippen LogP contribution in [0.3, 0.4) is 0 Å². The normalized spacial score (nSPS) is 25.8. The van der Waals surface area contributed by atoms with E-state index in [4.69, 9.17) is 0 Å². The number of H-pyrrole nitrogens is 1. The molecular weight excluding hydrogens is 166 g/mol. The van der Waals surface area contributed by atoms with E-state index in [-0.39, 0.29) is 6.04 Å². The van der Waals surface area contributed by atoms with Crippen molar-refractivity contribution < 1.29 is 5.11 Å². The van der Waals surface area contributed by atoms with Crippen LogP contribution >= 0.6 is 0 Å². The quantitative estimate of drug-likeness (QED) is 0.625. The van der Waals surface area contributed by atoms with Crippen LogP contribution in [0.2, 0.25) is 0 Å². The molecule has 0 aliphatic carbocycles. The number of aromatic amines is 1. The van der Waals surface area contributed by atoms with Gasteiger partial charge in [0.15, 0.2) is 0 Å². The van der Waals surface area contributed by atoms with Gasteiger partial charge >= 0.3 is 0 Å². The van der Waals surface area contributed by atoms with Crippen LogP contribution < -0.4 is 5.32 Å². The molecule has 1 fully saturated rings. The highest BCUT2D eigenvalue weighted by molar-refractivity contribution is 5.05. The van der Waals surface area contributed by atoms with E-state index in [0.717, 1.165) is 18.7 Å². The average Bonchev–Trinajstić information content (AvgIpc) is 2.71. The highest BCUT2D eigenvalue weighted by Crippen LogP contribution is 2.20. The lowest BCUT2D eigenvalue weighted by Crippen LogP contribution is -2.38. The number of nitrogens with one attached hydrogen (secondary N) is 2. The van der Waals surface area contributed by atoms with Gasteiger partial charge in [0.05, 0.1) is 5.69 Å². The van der Waals surface area contributed by atoms with E-state index in [1.165, 1.54) is 12.8 Å². The molecule has 0 saturated carbocycles. The van der Waals surface area contributed by atoms with Gasteiger partial charge in [-0.15, -0.1) is 0 Å². The van der Waals surface area contributed by atoms with Crippen LogP contribution in [0.5, 0.6) is 0 Å². The van der Waals surface area contributed by atoms with Gasteiger partial charge in [-0.25, -0.2) is 0 Å². The summed E-state index contributed by atoms with van der Waals surface area (Å²) < 4.78 is 0. The van der Waals surface area contributed by atoms with Crippen LogP contribution in [0.4, 0.5) is 0 Å². The zero-order chi connectivity index (χ0) is 9.10. The van der Waals surface area contributed by atoms with Crippen molar-refractivity contribution in [2.75, 3.05) is 6.54 Å². The molecule has 1 aliphatic heterocycles. The van der Waals surface area contributed by atoms with Gasteiger partial charge in [0.25, 0.3) is 0 Å². The number of nitrogens with zero attached hydrogens (tertiary/aromatic N) is 1. The predicted molar refractivity (Wildman–Crippen MR) is 49.2 cm³/mol. The Morgan fingerprint density at radius 1 is 1.54 bits per heavy atom. The van der Waals surface area contributed by atoms with Gasteiger partial charge < -0.3 is 10.4 Å². The average molecular weight is 181 g/mol. The number of piperidine rings is 1. The summed E-state index contributed by atoms with van der Waals surface area (Å²) in [5, 5.41) is 19.8. The Morgan fingerprint density at radius 2 is 2.46 bits per heavy atom. The third kappa shape index (κ3) is 1.89. The Morgan fingerprint density at radius 3 is 3.08 bits per heavy atom. The van der Waals surface area contributed by atoms with Crippen molar-refractivity contribution in [3.8, 4) is 0 Å². The molecule has 2 heterocycles. The molecule has 1 aromatic heterocycles. The van der Waals surface area contributed by atoms with Crippen molar-refractivity contribution in [2.45, 2.75) is 31.4 Å². The Labute approximate surface area is 77.4 Å². The lowest BCUT2D eigenvalue weighted by Gasteiger charge is -2.27. The predicted octanol–water partition coefficient (Wildman–Crippen LogP) is 0.585. The first-order chi connectivity index (χ1) is 6.38. The molecule has 0 bridgehead atoms. The molecule has 2 rings (SSSR count). The molecule has 1 aromatic rings. The van der Waals surface area contributed by atoms with Gasteiger partial charge in [0.2, 0.25) is 0 Å². The molecular formula is C9H15N3O. The summed E-state index contributed by atoms with van der Waals surface area (Å²) in [6, 6.07) is 2.01. The van der Waals surface area contributed by atoms with Crippen LogP contribution in [-0.2, 0) is 0 Å². The number of aliphatic hydroxyl groups excluding tert-OH is 1. The molecule has 13 heavy (non-hydrogen) atoms. The van der Waals surface area contributed by atoms with Crippen molar-refractivity contribution in [2.24, 2.45) is 0 Å². The standard InChI is InChI=1S/C9H15N3O/c13-9(8-4-6-11-12-8)7-3-1-2-5-10-7/h4,6-7,9-10,13H,1-3,5H2,(H,11,12). The van der Waals surface area contributed by atoms with Crippen molar-refractivity contribution in [3.05, 3.63) is 18.0 Å². The van der Waals surface area contributed by atoms with Crippen LogP contribution in [0.1, 0.15) is 31.1 Å². The maximum atomic E-state index is 9.90. The topological polar surface area (TPSA) is 60.9 Å². The Kier molecular flexibility index (Phi) is 2.61. The number of aliphatic hydroxyl groups is 1. The van der Waals surface area contributed by atoms with Crippen molar-refractivity contribution >= 4 is 0 Å². The van der Waals surface area contributed by atoms with Crippen molar-refractivity contribution in [1.29, 1.82) is 0 Å². The monoisotopic (exact) mass is 181 g/mol. The molecule has 2 atom stereocenters. The minimum absolute atomic E-state index is 0.189. The first-order valence-electron chi connectivity index (χ1n) is 4.78. The van der Waals surface area contributed by atoms with Gasteiger partial charge in [-0.1, -0.05) is 6.42 Å². The number of hydrogen-bond donors (Lipinski definition) is 3. The van der Waals surface area contributed by atoms with E-state index in [2.05, 4.69) is 15.5 Å². The second-order valence-corrected chi connectivity index (χ2v) is 3.51. The van der Waals surface area contributed by atoms with E-state index in [1.807, 2.05) is 6.07 Å². The van der Waals surface area contributed by atoms with Crippen LogP contribution in [0, 0.1) is 0 Å². The molecule has 4 heteroatoms. The Hall–Kier alpha value is -0.870. The summed E-state index contributed by atoms with van der Waals surface area (Å²) in [7, 11) is 0. The number of rotatable bonds is 2. The first-order valence-corrected chi connectivity index (χ1v) is 4.78. The molecule has 3 N–H and O–H groups in total. The summed E-state index contributed by atoms with van der Waals surface area (Å²) in [6.45, 7) is 1.01. The first kappa shape index (κ1) is 8.72. The van der Waals surface area contributed by atoms with Crippen LogP contribution in [-0.4, -0.2) is 27.9 Å². The third-order valence-corrected chi connectivity index (χ3v) is 2.57. The third-order valence-electron chi connectivity index (χ3n) is 2.57.